The lowest BCUT2D eigenvalue weighted by Crippen LogP contribution is -2.12. The van der Waals surface area contributed by atoms with Gasteiger partial charge in [-0.15, -0.1) is 5.10 Å². The van der Waals surface area contributed by atoms with Crippen LogP contribution in [0.15, 0.2) is 72.8 Å². The van der Waals surface area contributed by atoms with Crippen molar-refractivity contribution in [1.29, 1.82) is 0 Å². The molecule has 34 heavy (non-hydrogen) atoms. The summed E-state index contributed by atoms with van der Waals surface area (Å²) in [5.74, 6) is -0.885. The van der Waals surface area contributed by atoms with Crippen LogP contribution in [0.3, 0.4) is 0 Å². The molecular formula is C25H22F2N4O3. The summed E-state index contributed by atoms with van der Waals surface area (Å²) in [6.07, 6.45) is 0. The third-order valence-electron chi connectivity index (χ3n) is 4.79. The Bertz CT molecular complexity index is 1280. The van der Waals surface area contributed by atoms with Gasteiger partial charge in [-0.05, 0) is 67.6 Å². The van der Waals surface area contributed by atoms with Crippen LogP contribution in [0, 0.1) is 11.6 Å². The molecule has 1 amide bonds. The van der Waals surface area contributed by atoms with Crippen LogP contribution in [0.4, 0.5) is 14.5 Å². The molecule has 1 N–H and O–H groups in total. The molecule has 0 saturated heterocycles. The fraction of sp³-hybridized carbons (Fsp3) is 0.160. The number of hydrogen-bond donors (Lipinski definition) is 1. The molecule has 3 aromatic carbocycles. The van der Waals surface area contributed by atoms with Gasteiger partial charge in [0, 0.05) is 23.4 Å². The predicted molar refractivity (Wildman–Crippen MR) is 123 cm³/mol. The minimum atomic E-state index is -0.496. The first-order chi connectivity index (χ1) is 16.5. The number of aromatic nitrogens is 3. The molecule has 0 aliphatic rings. The van der Waals surface area contributed by atoms with Crippen molar-refractivity contribution in [3.05, 3.63) is 90.0 Å². The molecular weight excluding hydrogens is 442 g/mol. The Labute approximate surface area is 195 Å². The Hall–Kier alpha value is -4.11. The number of hydrogen-bond acceptors (Lipinski definition) is 5. The van der Waals surface area contributed by atoms with Gasteiger partial charge in [0.25, 0.3) is 5.91 Å². The van der Waals surface area contributed by atoms with Gasteiger partial charge >= 0.3 is 6.01 Å². The van der Waals surface area contributed by atoms with Crippen molar-refractivity contribution in [2.24, 2.45) is 0 Å². The van der Waals surface area contributed by atoms with Gasteiger partial charge in [-0.1, -0.05) is 12.1 Å². The van der Waals surface area contributed by atoms with Crippen LogP contribution in [-0.4, -0.2) is 40.5 Å². The molecule has 0 aliphatic heterocycles. The fourth-order valence-electron chi connectivity index (χ4n) is 3.20. The average Bonchev–Trinajstić information content (AvgIpc) is 3.27. The van der Waals surface area contributed by atoms with Gasteiger partial charge in [-0.2, -0.15) is 4.98 Å². The van der Waals surface area contributed by atoms with Crippen LogP contribution in [0.2, 0.25) is 0 Å². The van der Waals surface area contributed by atoms with E-state index in [0.717, 1.165) is 6.07 Å². The van der Waals surface area contributed by atoms with Crippen molar-refractivity contribution < 1.29 is 23.0 Å². The van der Waals surface area contributed by atoms with E-state index in [2.05, 4.69) is 15.4 Å². The molecule has 0 spiro atoms. The smallest absolute Gasteiger partial charge is 0.336 e. The lowest BCUT2D eigenvalue weighted by atomic mass is 10.2. The van der Waals surface area contributed by atoms with E-state index < -0.39 is 11.7 Å². The van der Waals surface area contributed by atoms with Crippen molar-refractivity contribution >= 4 is 11.6 Å². The van der Waals surface area contributed by atoms with Crippen LogP contribution in [0.5, 0.6) is 6.01 Å². The number of amides is 1. The topological polar surface area (TPSA) is 78.3 Å². The highest BCUT2D eigenvalue weighted by molar-refractivity contribution is 6.04. The van der Waals surface area contributed by atoms with Crippen molar-refractivity contribution in [2.75, 3.05) is 25.1 Å². The Morgan fingerprint density at radius 1 is 0.971 bits per heavy atom. The van der Waals surface area contributed by atoms with Crippen LogP contribution in [0.1, 0.15) is 17.3 Å². The molecule has 174 valence electrons. The number of halogens is 2. The monoisotopic (exact) mass is 464 g/mol. The number of carbonyl (C=O) groups is 1. The van der Waals surface area contributed by atoms with Gasteiger partial charge in [-0.3, -0.25) is 4.79 Å². The van der Waals surface area contributed by atoms with E-state index in [4.69, 9.17) is 9.47 Å². The van der Waals surface area contributed by atoms with E-state index in [1.165, 1.54) is 30.3 Å². The molecule has 0 radical (unpaired) electrons. The van der Waals surface area contributed by atoms with Gasteiger partial charge in [0.1, 0.15) is 18.2 Å². The molecule has 0 unspecified atom stereocenters. The number of benzene rings is 3. The maximum atomic E-state index is 13.5. The normalized spacial score (nSPS) is 10.8. The molecule has 1 aromatic heterocycles. The summed E-state index contributed by atoms with van der Waals surface area (Å²) in [6, 6.07) is 18.3. The first-order valence-electron chi connectivity index (χ1n) is 10.6. The van der Waals surface area contributed by atoms with Gasteiger partial charge in [0.05, 0.1) is 12.3 Å². The van der Waals surface area contributed by atoms with Crippen molar-refractivity contribution in [3.63, 3.8) is 0 Å². The Morgan fingerprint density at radius 3 is 2.53 bits per heavy atom. The van der Waals surface area contributed by atoms with E-state index >= 15 is 0 Å². The second-order valence-electron chi connectivity index (χ2n) is 7.20. The maximum absolute atomic E-state index is 13.5. The first-order valence-corrected chi connectivity index (χ1v) is 10.6. The summed E-state index contributed by atoms with van der Waals surface area (Å²) < 4.78 is 39.4. The highest BCUT2D eigenvalue weighted by Gasteiger charge is 2.16. The molecule has 4 aromatic rings. The van der Waals surface area contributed by atoms with Crippen LogP contribution < -0.4 is 10.1 Å². The Morgan fingerprint density at radius 2 is 1.76 bits per heavy atom. The zero-order valence-electron chi connectivity index (χ0n) is 18.4. The van der Waals surface area contributed by atoms with E-state index in [9.17, 15) is 13.6 Å². The minimum Gasteiger partial charge on any atom is -0.460 e. The number of nitrogens with one attached hydrogen (secondary N) is 1. The molecule has 0 saturated carbocycles. The number of carbonyl (C=O) groups excluding carboxylic acids is 1. The molecule has 0 bridgehead atoms. The summed E-state index contributed by atoms with van der Waals surface area (Å²) in [5, 5.41) is 7.19. The quantitative estimate of drug-likeness (QED) is 0.357. The Balaban J connectivity index is 1.63. The summed E-state index contributed by atoms with van der Waals surface area (Å²) in [6.45, 7) is 3.11. The van der Waals surface area contributed by atoms with E-state index in [0.29, 0.717) is 36.0 Å². The molecule has 0 atom stereocenters. The van der Waals surface area contributed by atoms with Gasteiger partial charge < -0.3 is 14.8 Å². The summed E-state index contributed by atoms with van der Waals surface area (Å²) in [4.78, 5) is 17.0. The summed E-state index contributed by atoms with van der Waals surface area (Å²) >= 11 is 0. The number of anilines is 1. The molecule has 7 nitrogen and oxygen atoms in total. The van der Waals surface area contributed by atoms with Crippen molar-refractivity contribution in [1.82, 2.24) is 14.8 Å². The van der Waals surface area contributed by atoms with Crippen LogP contribution in [-0.2, 0) is 4.74 Å². The predicted octanol–water partition coefficient (Wildman–Crippen LogP) is 4.88. The highest BCUT2D eigenvalue weighted by atomic mass is 19.1. The largest absolute Gasteiger partial charge is 0.460 e. The van der Waals surface area contributed by atoms with Crippen LogP contribution in [0.25, 0.3) is 17.1 Å². The lowest BCUT2D eigenvalue weighted by Gasteiger charge is -2.09. The molecule has 9 heteroatoms. The molecule has 0 fully saturated rings. The number of rotatable bonds is 9. The van der Waals surface area contributed by atoms with Crippen molar-refractivity contribution in [3.8, 4) is 23.1 Å². The van der Waals surface area contributed by atoms with Crippen LogP contribution >= 0.6 is 0 Å². The summed E-state index contributed by atoms with van der Waals surface area (Å²) in [5.41, 5.74) is 1.89. The van der Waals surface area contributed by atoms with E-state index in [1.807, 2.05) is 6.92 Å². The maximum Gasteiger partial charge on any atom is 0.336 e. The van der Waals surface area contributed by atoms with Gasteiger partial charge in [0.2, 0.25) is 0 Å². The molecule has 0 aliphatic carbocycles. The zero-order chi connectivity index (χ0) is 23.9. The second-order valence-corrected chi connectivity index (χ2v) is 7.20. The highest BCUT2D eigenvalue weighted by Crippen LogP contribution is 2.25. The summed E-state index contributed by atoms with van der Waals surface area (Å²) in [7, 11) is 0. The SMILES string of the molecule is CCOCCOc1nc(-c2ccc(F)cc2)n(-c2cccc(NC(=O)c3cccc(F)c3)c2)n1. The number of nitrogens with zero attached hydrogens (tertiary/aromatic N) is 3. The number of ether oxygens (including phenoxy) is 2. The average molecular weight is 464 g/mol. The standard InChI is InChI=1S/C25H22F2N4O3/c1-2-33-13-14-34-25-29-23(17-9-11-19(26)12-10-17)31(30-25)22-8-4-7-21(16-22)28-24(32)18-5-3-6-20(27)15-18/h3-12,15-16H,2,13-14H2,1H3,(H,28,32). The fourth-order valence-corrected chi connectivity index (χ4v) is 3.20. The van der Waals surface area contributed by atoms with Gasteiger partial charge in [0.15, 0.2) is 5.82 Å². The lowest BCUT2D eigenvalue weighted by molar-refractivity contribution is 0.102. The van der Waals surface area contributed by atoms with E-state index in [-0.39, 0.29) is 24.0 Å². The Kier molecular flexibility index (Phi) is 7.24. The third kappa shape index (κ3) is 5.62. The second kappa shape index (κ2) is 10.7. The molecule has 4 rings (SSSR count). The minimum absolute atomic E-state index is 0.133. The molecule has 1 heterocycles. The van der Waals surface area contributed by atoms with E-state index in [1.54, 1.807) is 41.1 Å². The third-order valence-corrected chi connectivity index (χ3v) is 4.79. The first kappa shape index (κ1) is 23.1. The van der Waals surface area contributed by atoms with Crippen molar-refractivity contribution in [2.45, 2.75) is 6.92 Å². The van der Waals surface area contributed by atoms with Gasteiger partial charge in [-0.25, -0.2) is 13.5 Å². The zero-order valence-corrected chi connectivity index (χ0v) is 18.4.